The zero-order valence-electron chi connectivity index (χ0n) is 10.8. The number of hydrogen-bond donors (Lipinski definition) is 1. The summed E-state index contributed by atoms with van der Waals surface area (Å²) in [7, 11) is 1.52. The summed E-state index contributed by atoms with van der Waals surface area (Å²) in [6.45, 7) is 0. The van der Waals surface area contributed by atoms with Crippen LogP contribution in [0.1, 0.15) is 15.9 Å². The van der Waals surface area contributed by atoms with E-state index in [0.29, 0.717) is 27.0 Å². The van der Waals surface area contributed by atoms with Crippen molar-refractivity contribution >= 4 is 27.4 Å². The van der Waals surface area contributed by atoms with Gasteiger partial charge in [-0.2, -0.15) is 0 Å². The number of hydrogen-bond acceptors (Lipinski definition) is 3. The average molecular weight is 338 g/mol. The third kappa shape index (κ3) is 3.17. The van der Waals surface area contributed by atoms with Crippen LogP contribution in [0.2, 0.25) is 0 Å². The molecule has 0 atom stereocenters. The predicted molar refractivity (Wildman–Crippen MR) is 79.5 cm³/mol. The van der Waals surface area contributed by atoms with E-state index in [1.54, 1.807) is 24.3 Å². The molecule has 3 nitrogen and oxygen atoms in total. The number of ketones is 1. The Morgan fingerprint density at radius 1 is 1.30 bits per heavy atom. The largest absolute Gasteiger partial charge is 0.497 e. The molecule has 0 amide bonds. The summed E-state index contributed by atoms with van der Waals surface area (Å²) < 4.78 is 19.0. The molecule has 2 aromatic carbocycles. The van der Waals surface area contributed by atoms with E-state index in [1.165, 1.54) is 19.2 Å². The normalized spacial score (nSPS) is 10.3. The smallest absolute Gasteiger partial charge is 0.169 e. The monoisotopic (exact) mass is 337 g/mol. The third-order valence-corrected chi connectivity index (χ3v) is 3.69. The van der Waals surface area contributed by atoms with Crippen molar-refractivity contribution in [3.8, 4) is 5.75 Å². The van der Waals surface area contributed by atoms with Crippen LogP contribution in [-0.2, 0) is 6.42 Å². The maximum Gasteiger partial charge on any atom is 0.169 e. The van der Waals surface area contributed by atoms with E-state index in [2.05, 4.69) is 15.9 Å². The van der Waals surface area contributed by atoms with Crippen molar-refractivity contribution in [2.45, 2.75) is 6.42 Å². The van der Waals surface area contributed by atoms with Crippen molar-refractivity contribution in [1.82, 2.24) is 0 Å². The molecule has 0 bridgehead atoms. The van der Waals surface area contributed by atoms with Crippen molar-refractivity contribution in [3.63, 3.8) is 0 Å². The first kappa shape index (κ1) is 14.5. The molecular weight excluding hydrogens is 325 g/mol. The minimum atomic E-state index is -0.380. The van der Waals surface area contributed by atoms with Gasteiger partial charge in [-0.3, -0.25) is 4.79 Å². The van der Waals surface area contributed by atoms with Crippen LogP contribution in [0.15, 0.2) is 40.9 Å². The number of Topliss-reactive ketones (excluding diaryl/α,β-unsaturated/α-hetero) is 1. The van der Waals surface area contributed by atoms with Crippen LogP contribution < -0.4 is 10.5 Å². The molecule has 5 heteroatoms. The Bertz CT molecular complexity index is 658. The summed E-state index contributed by atoms with van der Waals surface area (Å²) >= 11 is 3.30. The molecule has 0 aliphatic carbocycles. The average Bonchev–Trinajstić information content (AvgIpc) is 2.43. The maximum absolute atomic E-state index is 13.2. The van der Waals surface area contributed by atoms with Gasteiger partial charge in [0.25, 0.3) is 0 Å². The Hall–Kier alpha value is -1.88. The lowest BCUT2D eigenvalue weighted by Gasteiger charge is -2.08. The van der Waals surface area contributed by atoms with Crippen LogP contribution in [0, 0.1) is 5.82 Å². The zero-order chi connectivity index (χ0) is 14.7. The second kappa shape index (κ2) is 6.05. The summed E-state index contributed by atoms with van der Waals surface area (Å²) in [6.07, 6.45) is 0.0652. The van der Waals surface area contributed by atoms with E-state index >= 15 is 0 Å². The van der Waals surface area contributed by atoms with Crippen LogP contribution in [0.5, 0.6) is 5.75 Å². The van der Waals surface area contributed by atoms with Crippen molar-refractivity contribution in [1.29, 1.82) is 0 Å². The molecular formula is C15H13BrFNO2. The van der Waals surface area contributed by atoms with E-state index in [1.807, 2.05) is 0 Å². The molecule has 2 rings (SSSR count). The van der Waals surface area contributed by atoms with Crippen LogP contribution >= 0.6 is 15.9 Å². The number of halogens is 2. The Morgan fingerprint density at radius 2 is 2.05 bits per heavy atom. The number of rotatable bonds is 4. The minimum absolute atomic E-state index is 0.0652. The molecule has 0 unspecified atom stereocenters. The molecule has 2 N–H and O–H groups in total. The Balaban J connectivity index is 2.30. The fraction of sp³-hybridized carbons (Fsp3) is 0.133. The van der Waals surface area contributed by atoms with Gasteiger partial charge in [0.05, 0.1) is 7.11 Å². The molecule has 0 radical (unpaired) electrons. The highest BCUT2D eigenvalue weighted by Gasteiger charge is 2.14. The fourth-order valence-corrected chi connectivity index (χ4v) is 2.24. The lowest BCUT2D eigenvalue weighted by Crippen LogP contribution is -2.08. The molecule has 0 aliphatic rings. The van der Waals surface area contributed by atoms with E-state index in [9.17, 15) is 9.18 Å². The molecule has 0 spiro atoms. The highest BCUT2D eigenvalue weighted by Crippen LogP contribution is 2.24. The van der Waals surface area contributed by atoms with E-state index in [-0.39, 0.29) is 18.0 Å². The first-order chi connectivity index (χ1) is 9.51. The van der Waals surface area contributed by atoms with E-state index < -0.39 is 0 Å². The number of carbonyl (C=O) groups excluding carboxylic acids is 1. The Kier molecular flexibility index (Phi) is 4.39. The molecule has 104 valence electrons. The van der Waals surface area contributed by atoms with Crippen LogP contribution in [0.3, 0.4) is 0 Å². The summed E-state index contributed by atoms with van der Waals surface area (Å²) in [4.78, 5) is 12.3. The van der Waals surface area contributed by atoms with Crippen molar-refractivity contribution in [2.24, 2.45) is 0 Å². The molecule has 20 heavy (non-hydrogen) atoms. The van der Waals surface area contributed by atoms with Crippen molar-refractivity contribution in [3.05, 3.63) is 57.8 Å². The molecule has 0 aromatic heterocycles. The topological polar surface area (TPSA) is 52.3 Å². The zero-order valence-corrected chi connectivity index (χ0v) is 12.4. The minimum Gasteiger partial charge on any atom is -0.497 e. The molecule has 0 heterocycles. The van der Waals surface area contributed by atoms with Gasteiger partial charge in [0, 0.05) is 22.1 Å². The first-order valence-corrected chi connectivity index (χ1v) is 6.71. The van der Waals surface area contributed by atoms with Gasteiger partial charge in [-0.1, -0.05) is 15.9 Å². The van der Waals surface area contributed by atoms with Gasteiger partial charge in [0.15, 0.2) is 5.78 Å². The fourth-order valence-electron chi connectivity index (χ4n) is 1.85. The lowest BCUT2D eigenvalue weighted by atomic mass is 10.0. The summed E-state index contributed by atoms with van der Waals surface area (Å²) in [5, 5.41) is 0. The second-order valence-electron chi connectivity index (χ2n) is 4.29. The molecule has 0 saturated heterocycles. The number of benzene rings is 2. The van der Waals surface area contributed by atoms with E-state index in [4.69, 9.17) is 10.5 Å². The van der Waals surface area contributed by atoms with Gasteiger partial charge in [0.2, 0.25) is 0 Å². The van der Waals surface area contributed by atoms with Crippen LogP contribution in [0.4, 0.5) is 10.1 Å². The Labute approximate surface area is 124 Å². The molecule has 2 aromatic rings. The molecule has 0 fully saturated rings. The van der Waals surface area contributed by atoms with Crippen LogP contribution in [0.25, 0.3) is 0 Å². The molecule has 0 saturated carbocycles. The summed E-state index contributed by atoms with van der Waals surface area (Å²) in [5.41, 5.74) is 7.14. The van der Waals surface area contributed by atoms with Gasteiger partial charge < -0.3 is 10.5 Å². The second-order valence-corrected chi connectivity index (χ2v) is 5.14. The van der Waals surface area contributed by atoms with Crippen molar-refractivity contribution in [2.75, 3.05) is 12.8 Å². The van der Waals surface area contributed by atoms with Gasteiger partial charge in [0.1, 0.15) is 11.6 Å². The summed E-state index contributed by atoms with van der Waals surface area (Å²) in [6, 6.07) is 9.13. The van der Waals surface area contributed by atoms with Gasteiger partial charge in [-0.05, 0) is 42.0 Å². The van der Waals surface area contributed by atoms with Gasteiger partial charge in [-0.15, -0.1) is 0 Å². The van der Waals surface area contributed by atoms with Gasteiger partial charge >= 0.3 is 0 Å². The number of nitrogens with two attached hydrogens (primary N) is 1. The lowest BCUT2D eigenvalue weighted by molar-refractivity contribution is 0.0993. The SMILES string of the molecule is COc1ccc(N)c(C(=O)Cc2cc(F)ccc2Br)c1. The standard InChI is InChI=1S/C15H13BrFNO2/c1-20-11-3-5-14(18)12(8-11)15(19)7-9-6-10(17)2-4-13(9)16/h2-6,8H,7,18H2,1H3. The maximum atomic E-state index is 13.2. The first-order valence-electron chi connectivity index (χ1n) is 5.92. The number of anilines is 1. The number of methoxy groups -OCH3 is 1. The highest BCUT2D eigenvalue weighted by molar-refractivity contribution is 9.10. The number of carbonyl (C=O) groups is 1. The summed E-state index contributed by atoms with van der Waals surface area (Å²) in [5.74, 6) is -0.0110. The van der Waals surface area contributed by atoms with Gasteiger partial charge in [-0.25, -0.2) is 4.39 Å². The molecule has 0 aliphatic heterocycles. The van der Waals surface area contributed by atoms with Crippen molar-refractivity contribution < 1.29 is 13.9 Å². The number of ether oxygens (including phenoxy) is 1. The van der Waals surface area contributed by atoms with Crippen LogP contribution in [-0.4, -0.2) is 12.9 Å². The quantitative estimate of drug-likeness (QED) is 0.685. The number of nitrogen functional groups attached to an aromatic ring is 1. The third-order valence-electron chi connectivity index (χ3n) is 2.92. The van der Waals surface area contributed by atoms with E-state index in [0.717, 1.165) is 0 Å². The Morgan fingerprint density at radius 3 is 2.75 bits per heavy atom. The predicted octanol–water partition coefficient (Wildman–Crippen LogP) is 3.60. The highest BCUT2D eigenvalue weighted by atomic mass is 79.9.